The predicted octanol–water partition coefficient (Wildman–Crippen LogP) is 0.984. The van der Waals surface area contributed by atoms with Crippen LogP contribution in [0.1, 0.15) is 6.42 Å². The maximum absolute atomic E-state index is 11.2. The van der Waals surface area contributed by atoms with Gasteiger partial charge in [-0.1, -0.05) is 12.1 Å². The molecule has 0 aliphatic rings. The van der Waals surface area contributed by atoms with Crippen LogP contribution in [0.4, 0.5) is 5.82 Å². The molecule has 1 amide bonds. The van der Waals surface area contributed by atoms with Crippen molar-refractivity contribution in [3.8, 4) is 5.75 Å². The normalized spacial score (nSPS) is 11.9. The van der Waals surface area contributed by atoms with Crippen molar-refractivity contribution < 1.29 is 19.4 Å². The highest BCUT2D eigenvalue weighted by Crippen LogP contribution is 2.31. The number of aromatic nitrogens is 1. The van der Waals surface area contributed by atoms with Crippen LogP contribution in [0, 0.1) is 0 Å². The van der Waals surface area contributed by atoms with Gasteiger partial charge >= 0.3 is 5.97 Å². The van der Waals surface area contributed by atoms with E-state index in [4.69, 9.17) is 15.6 Å². The van der Waals surface area contributed by atoms with Gasteiger partial charge in [-0.2, -0.15) is 0 Å². The van der Waals surface area contributed by atoms with E-state index in [1.54, 1.807) is 18.3 Å². The summed E-state index contributed by atoms with van der Waals surface area (Å²) < 4.78 is 5.27. The van der Waals surface area contributed by atoms with Gasteiger partial charge in [0.1, 0.15) is 17.6 Å². The molecule has 0 saturated carbocycles. The van der Waals surface area contributed by atoms with Gasteiger partial charge in [0.05, 0.1) is 18.9 Å². The SMILES string of the molecule is COc1cccc2ccnc(NC(CC(N)=O)C(=O)O)c12. The van der Waals surface area contributed by atoms with Crippen LogP contribution >= 0.6 is 0 Å². The molecule has 1 atom stereocenters. The van der Waals surface area contributed by atoms with Crippen LogP contribution in [0.5, 0.6) is 5.75 Å². The van der Waals surface area contributed by atoms with Crippen molar-refractivity contribution in [3.05, 3.63) is 30.5 Å². The first-order valence-electron chi connectivity index (χ1n) is 6.22. The summed E-state index contributed by atoms with van der Waals surface area (Å²) in [6, 6.07) is 6.06. The number of hydrogen-bond acceptors (Lipinski definition) is 5. The number of rotatable bonds is 6. The number of carboxylic acid groups (broad SMARTS) is 1. The molecule has 1 heterocycles. The lowest BCUT2D eigenvalue weighted by molar-refractivity contribution is -0.139. The molecule has 110 valence electrons. The molecular formula is C14H15N3O4. The third-order valence-corrected chi connectivity index (χ3v) is 2.99. The second kappa shape index (κ2) is 6.08. The number of carbonyl (C=O) groups is 2. The van der Waals surface area contributed by atoms with E-state index in [0.29, 0.717) is 17.0 Å². The van der Waals surface area contributed by atoms with Crippen molar-refractivity contribution in [2.45, 2.75) is 12.5 Å². The molecular weight excluding hydrogens is 274 g/mol. The minimum absolute atomic E-state index is 0.331. The molecule has 0 spiro atoms. The molecule has 1 unspecified atom stereocenters. The molecule has 1 aromatic heterocycles. The largest absolute Gasteiger partial charge is 0.496 e. The Kier molecular flexibility index (Phi) is 4.22. The summed E-state index contributed by atoms with van der Waals surface area (Å²) in [6.45, 7) is 0. The second-order valence-corrected chi connectivity index (χ2v) is 4.42. The maximum Gasteiger partial charge on any atom is 0.326 e. The molecule has 7 heteroatoms. The molecule has 21 heavy (non-hydrogen) atoms. The van der Waals surface area contributed by atoms with Gasteiger partial charge in [-0.05, 0) is 17.5 Å². The van der Waals surface area contributed by atoms with E-state index in [1.807, 2.05) is 12.1 Å². The van der Waals surface area contributed by atoms with Crippen molar-refractivity contribution in [1.29, 1.82) is 0 Å². The molecule has 2 aromatic rings. The van der Waals surface area contributed by atoms with Crippen LogP contribution < -0.4 is 15.8 Å². The lowest BCUT2D eigenvalue weighted by Gasteiger charge is -2.16. The summed E-state index contributed by atoms with van der Waals surface area (Å²) in [5.41, 5.74) is 5.07. The summed E-state index contributed by atoms with van der Waals surface area (Å²) in [4.78, 5) is 26.3. The monoisotopic (exact) mass is 289 g/mol. The second-order valence-electron chi connectivity index (χ2n) is 4.42. The van der Waals surface area contributed by atoms with E-state index in [9.17, 15) is 9.59 Å². The number of nitrogens with zero attached hydrogens (tertiary/aromatic N) is 1. The van der Waals surface area contributed by atoms with Crippen molar-refractivity contribution in [3.63, 3.8) is 0 Å². The predicted molar refractivity (Wildman–Crippen MR) is 77.2 cm³/mol. The van der Waals surface area contributed by atoms with Crippen LogP contribution in [0.25, 0.3) is 10.8 Å². The number of anilines is 1. The van der Waals surface area contributed by atoms with Crippen molar-refractivity contribution in [1.82, 2.24) is 4.98 Å². The zero-order valence-corrected chi connectivity index (χ0v) is 11.4. The summed E-state index contributed by atoms with van der Waals surface area (Å²) in [6.07, 6.45) is 1.22. The number of hydrogen-bond donors (Lipinski definition) is 3. The zero-order valence-electron chi connectivity index (χ0n) is 11.4. The molecule has 0 bridgehead atoms. The van der Waals surface area contributed by atoms with Crippen LogP contribution in [-0.4, -0.2) is 35.1 Å². The number of benzene rings is 1. The van der Waals surface area contributed by atoms with E-state index in [0.717, 1.165) is 5.39 Å². The van der Waals surface area contributed by atoms with Gasteiger partial charge in [-0.25, -0.2) is 9.78 Å². The Morgan fingerprint density at radius 3 is 2.81 bits per heavy atom. The van der Waals surface area contributed by atoms with Gasteiger partial charge in [-0.15, -0.1) is 0 Å². The first-order valence-corrected chi connectivity index (χ1v) is 6.22. The van der Waals surface area contributed by atoms with E-state index in [2.05, 4.69) is 10.3 Å². The highest BCUT2D eigenvalue weighted by Gasteiger charge is 2.21. The van der Waals surface area contributed by atoms with Crippen LogP contribution in [0.3, 0.4) is 0 Å². The number of primary amides is 1. The van der Waals surface area contributed by atoms with Gasteiger partial charge in [0.2, 0.25) is 5.91 Å². The third kappa shape index (κ3) is 3.19. The minimum Gasteiger partial charge on any atom is -0.496 e. The molecule has 0 radical (unpaired) electrons. The maximum atomic E-state index is 11.2. The number of fused-ring (bicyclic) bond motifs is 1. The average molecular weight is 289 g/mol. The van der Waals surface area contributed by atoms with Crippen LogP contribution in [0.15, 0.2) is 30.5 Å². The van der Waals surface area contributed by atoms with E-state index in [1.165, 1.54) is 7.11 Å². The molecule has 0 aliphatic heterocycles. The number of carbonyl (C=O) groups excluding carboxylic acids is 1. The van der Waals surface area contributed by atoms with Gasteiger partial charge in [0.25, 0.3) is 0 Å². The Labute approximate surface area is 120 Å². The first-order chi connectivity index (χ1) is 10.0. The number of methoxy groups -OCH3 is 1. The van der Waals surface area contributed by atoms with E-state index < -0.39 is 17.9 Å². The Morgan fingerprint density at radius 1 is 1.43 bits per heavy atom. The number of nitrogens with two attached hydrogens (primary N) is 1. The molecule has 0 aliphatic carbocycles. The quantitative estimate of drug-likeness (QED) is 0.730. The molecule has 1 aromatic carbocycles. The summed E-state index contributed by atoms with van der Waals surface area (Å²) in [7, 11) is 1.52. The fraction of sp³-hybridized carbons (Fsp3) is 0.214. The van der Waals surface area contributed by atoms with Gasteiger partial charge in [-0.3, -0.25) is 4.79 Å². The number of nitrogens with one attached hydrogen (secondary N) is 1. The van der Waals surface area contributed by atoms with Crippen LogP contribution in [-0.2, 0) is 9.59 Å². The summed E-state index contributed by atoms with van der Waals surface area (Å²) in [5.74, 6) is -0.991. The molecule has 0 saturated heterocycles. The number of pyridine rings is 1. The third-order valence-electron chi connectivity index (χ3n) is 2.99. The first kappa shape index (κ1) is 14.6. The summed E-state index contributed by atoms with van der Waals surface area (Å²) in [5, 5.41) is 13.4. The van der Waals surface area contributed by atoms with Gasteiger partial charge in [0.15, 0.2) is 0 Å². The number of aliphatic carboxylic acids is 1. The lowest BCUT2D eigenvalue weighted by Crippen LogP contribution is -2.34. The minimum atomic E-state index is -1.18. The van der Waals surface area contributed by atoms with E-state index >= 15 is 0 Å². The molecule has 4 N–H and O–H groups in total. The van der Waals surface area contributed by atoms with E-state index in [-0.39, 0.29) is 6.42 Å². The Morgan fingerprint density at radius 2 is 2.19 bits per heavy atom. The lowest BCUT2D eigenvalue weighted by atomic mass is 10.1. The Bertz CT molecular complexity index is 682. The standard InChI is InChI=1S/C14H15N3O4/c1-21-10-4-2-3-8-5-6-16-13(12(8)10)17-9(14(19)20)7-11(15)18/h2-6,9H,7H2,1H3,(H2,15,18)(H,16,17)(H,19,20). The summed E-state index contributed by atoms with van der Waals surface area (Å²) >= 11 is 0. The van der Waals surface area contributed by atoms with Crippen molar-refractivity contribution in [2.24, 2.45) is 5.73 Å². The number of ether oxygens (including phenoxy) is 1. The van der Waals surface area contributed by atoms with Gasteiger partial charge in [0, 0.05) is 6.20 Å². The molecule has 0 fully saturated rings. The zero-order chi connectivity index (χ0) is 15.4. The Hall–Kier alpha value is -2.83. The van der Waals surface area contributed by atoms with Gasteiger partial charge < -0.3 is 20.9 Å². The highest BCUT2D eigenvalue weighted by atomic mass is 16.5. The number of carboxylic acids is 1. The smallest absolute Gasteiger partial charge is 0.326 e. The van der Waals surface area contributed by atoms with Crippen molar-refractivity contribution >= 4 is 28.5 Å². The fourth-order valence-electron chi connectivity index (χ4n) is 2.04. The highest BCUT2D eigenvalue weighted by molar-refractivity contribution is 5.98. The number of amides is 1. The average Bonchev–Trinajstić information content (AvgIpc) is 2.45. The van der Waals surface area contributed by atoms with Crippen molar-refractivity contribution in [2.75, 3.05) is 12.4 Å². The van der Waals surface area contributed by atoms with Crippen LogP contribution in [0.2, 0.25) is 0 Å². The Balaban J connectivity index is 2.45. The molecule has 7 nitrogen and oxygen atoms in total. The molecule has 2 rings (SSSR count). The topological polar surface area (TPSA) is 115 Å². The fourth-order valence-corrected chi connectivity index (χ4v) is 2.04.